The molecule has 5 rings (SSSR count). The molecule has 5 nitrogen and oxygen atoms in total. The third kappa shape index (κ3) is 4.62. The number of H-pyrrole nitrogens is 1. The van der Waals surface area contributed by atoms with Crippen molar-refractivity contribution in [1.82, 2.24) is 14.5 Å². The zero-order valence-electron chi connectivity index (χ0n) is 21.6. The second kappa shape index (κ2) is 9.32. The Morgan fingerprint density at radius 1 is 1.14 bits per heavy atom. The molecule has 0 amide bonds. The number of aryl methyl sites for hydroxylation is 1. The first-order valence-corrected chi connectivity index (χ1v) is 12.9. The van der Waals surface area contributed by atoms with Crippen LogP contribution in [0.1, 0.15) is 69.2 Å². The largest absolute Gasteiger partial charge is 0.354 e. The minimum Gasteiger partial charge on any atom is -0.339 e. The molecule has 0 fully saturated rings. The van der Waals surface area contributed by atoms with Gasteiger partial charge in [0.25, 0.3) is 0 Å². The number of fused-ring (bicyclic) bond motifs is 2. The summed E-state index contributed by atoms with van der Waals surface area (Å²) in [4.78, 5) is 20.3. The highest BCUT2D eigenvalue weighted by molar-refractivity contribution is 5.83. The molecule has 36 heavy (non-hydrogen) atoms. The number of hydrogen-bond acceptors (Lipinski definition) is 3. The maximum absolute atomic E-state index is 15.6. The summed E-state index contributed by atoms with van der Waals surface area (Å²) in [6, 6.07) is 12.0. The van der Waals surface area contributed by atoms with E-state index in [4.69, 9.17) is 5.73 Å². The fourth-order valence-corrected chi connectivity index (χ4v) is 5.31. The normalized spacial score (nSPS) is 14.4. The third-order valence-electron chi connectivity index (χ3n) is 7.34. The molecule has 3 N–H and O–H groups in total. The maximum Gasteiger partial charge on any atom is 0.354 e. The van der Waals surface area contributed by atoms with Crippen LogP contribution in [-0.2, 0) is 24.7 Å². The maximum atomic E-state index is 15.6. The Balaban J connectivity index is 1.54. The average Bonchev–Trinajstić information content (AvgIpc) is 3.47. The number of aromatic nitrogens is 3. The van der Waals surface area contributed by atoms with Crippen molar-refractivity contribution in [2.75, 3.05) is 0 Å². The van der Waals surface area contributed by atoms with E-state index in [-0.39, 0.29) is 23.0 Å². The highest BCUT2D eigenvalue weighted by Gasteiger charge is 2.24. The molecule has 6 heteroatoms. The molecule has 0 bridgehead atoms. The summed E-state index contributed by atoms with van der Waals surface area (Å²) in [5.41, 5.74) is 12.5. The average molecular weight is 487 g/mol. The molecule has 0 aliphatic heterocycles. The fraction of sp³-hybridized carbons (Fsp3) is 0.400. The van der Waals surface area contributed by atoms with Crippen molar-refractivity contribution in [3.63, 3.8) is 0 Å². The van der Waals surface area contributed by atoms with Crippen molar-refractivity contribution in [3.05, 3.63) is 81.2 Å². The Bertz CT molecular complexity index is 1470. The van der Waals surface area contributed by atoms with Crippen LogP contribution in [0.3, 0.4) is 0 Å². The van der Waals surface area contributed by atoms with E-state index in [1.54, 1.807) is 10.8 Å². The second-order valence-electron chi connectivity index (χ2n) is 11.3. The summed E-state index contributed by atoms with van der Waals surface area (Å²) < 4.78 is 17.2. The molecule has 2 aromatic heterocycles. The number of rotatable bonds is 6. The lowest BCUT2D eigenvalue weighted by molar-refractivity contribution is 0.590. The third-order valence-corrected chi connectivity index (χ3v) is 7.34. The van der Waals surface area contributed by atoms with Crippen molar-refractivity contribution < 1.29 is 4.39 Å². The van der Waals surface area contributed by atoms with Gasteiger partial charge in [0.1, 0.15) is 11.5 Å². The Morgan fingerprint density at radius 3 is 2.56 bits per heavy atom. The quantitative estimate of drug-likeness (QED) is 0.352. The van der Waals surface area contributed by atoms with Crippen LogP contribution in [0.4, 0.5) is 4.39 Å². The van der Waals surface area contributed by atoms with Crippen molar-refractivity contribution in [1.29, 1.82) is 0 Å². The number of hydrogen-bond donors (Lipinski definition) is 2. The van der Waals surface area contributed by atoms with Gasteiger partial charge in [0.15, 0.2) is 0 Å². The molecule has 188 valence electrons. The first-order chi connectivity index (χ1) is 17.1. The van der Waals surface area contributed by atoms with E-state index in [2.05, 4.69) is 30.7 Å². The SMILES string of the molecule is C[C@H](N)CCCc1cc(-c2cc3cn(-c4ccc(C(C)(C)C)cc4)c(=O)nc3[nH]2)c(F)c2c1CCC2. The van der Waals surface area contributed by atoms with Crippen molar-refractivity contribution in [2.24, 2.45) is 5.73 Å². The van der Waals surface area contributed by atoms with Crippen molar-refractivity contribution >= 4 is 11.0 Å². The van der Waals surface area contributed by atoms with Gasteiger partial charge in [-0.25, -0.2) is 9.18 Å². The highest BCUT2D eigenvalue weighted by Crippen LogP contribution is 2.36. The second-order valence-corrected chi connectivity index (χ2v) is 11.3. The first-order valence-electron chi connectivity index (χ1n) is 12.9. The van der Waals surface area contributed by atoms with Gasteiger partial charge in [0.05, 0.1) is 11.4 Å². The molecule has 0 radical (unpaired) electrons. The lowest BCUT2D eigenvalue weighted by Gasteiger charge is -2.19. The lowest BCUT2D eigenvalue weighted by atomic mass is 9.87. The monoisotopic (exact) mass is 486 g/mol. The molecule has 0 saturated carbocycles. The van der Waals surface area contributed by atoms with Crippen molar-refractivity contribution in [3.8, 4) is 16.9 Å². The summed E-state index contributed by atoms with van der Waals surface area (Å²) in [6.45, 7) is 8.50. The molecular formula is C30H35FN4O. The van der Waals surface area contributed by atoms with Gasteiger partial charge in [-0.2, -0.15) is 4.98 Å². The molecule has 1 aliphatic rings. The fourth-order valence-electron chi connectivity index (χ4n) is 5.31. The molecule has 0 spiro atoms. The van der Waals surface area contributed by atoms with Crippen molar-refractivity contribution in [2.45, 2.75) is 77.7 Å². The number of nitrogens with two attached hydrogens (primary N) is 1. The van der Waals surface area contributed by atoms with Gasteiger partial charge in [0.2, 0.25) is 0 Å². The van der Waals surface area contributed by atoms with E-state index in [9.17, 15) is 4.79 Å². The van der Waals surface area contributed by atoms with Crippen LogP contribution in [-0.4, -0.2) is 20.6 Å². The Hall–Kier alpha value is -3.25. The molecule has 4 aromatic rings. The summed E-state index contributed by atoms with van der Waals surface area (Å²) in [6.07, 6.45) is 7.29. The molecule has 0 saturated heterocycles. The minimum atomic E-state index is -0.370. The number of aromatic amines is 1. The molecule has 0 unspecified atom stereocenters. The molecule has 2 heterocycles. The Morgan fingerprint density at radius 2 is 1.86 bits per heavy atom. The van der Waals surface area contributed by atoms with Crippen LogP contribution >= 0.6 is 0 Å². The Kier molecular flexibility index (Phi) is 6.33. The predicted octanol–water partition coefficient (Wildman–Crippen LogP) is 5.98. The van der Waals surface area contributed by atoms with E-state index in [1.165, 1.54) is 16.7 Å². The number of halogens is 1. The van der Waals surface area contributed by atoms with E-state index >= 15 is 4.39 Å². The minimum absolute atomic E-state index is 0.0303. The summed E-state index contributed by atoms with van der Waals surface area (Å²) in [5, 5.41) is 0.767. The highest BCUT2D eigenvalue weighted by atomic mass is 19.1. The van der Waals surface area contributed by atoms with E-state index < -0.39 is 0 Å². The molecule has 1 aliphatic carbocycles. The van der Waals surface area contributed by atoms with Gasteiger partial charge in [-0.05, 0) is 97.4 Å². The van der Waals surface area contributed by atoms with Crippen LogP contribution in [0.25, 0.3) is 28.0 Å². The molecular weight excluding hydrogens is 451 g/mol. The number of nitrogens with zero attached hydrogens (tertiary/aromatic N) is 2. The zero-order valence-corrected chi connectivity index (χ0v) is 21.6. The molecule has 1 atom stereocenters. The standard InChI is InChI=1S/C30H35FN4O/c1-18(32)7-5-8-19-15-25(27(31)24-10-6-9-23(19)24)26-16-20-17-35(29(36)34-28(20)33-26)22-13-11-21(12-14-22)30(2,3)4/h11-18H,5-10,32H2,1-4H3,(H,33,34,36)/t18-/m0/s1. The van der Waals surface area contributed by atoms with E-state index in [0.29, 0.717) is 16.9 Å². The van der Waals surface area contributed by atoms with Crippen LogP contribution < -0.4 is 11.4 Å². The smallest absolute Gasteiger partial charge is 0.339 e. The first kappa shape index (κ1) is 24.4. The summed E-state index contributed by atoms with van der Waals surface area (Å²) in [7, 11) is 0. The lowest BCUT2D eigenvalue weighted by Crippen LogP contribution is -2.20. The zero-order chi connectivity index (χ0) is 25.6. The van der Waals surface area contributed by atoms with Gasteiger partial charge in [-0.15, -0.1) is 0 Å². The van der Waals surface area contributed by atoms with E-state index in [1.807, 2.05) is 43.3 Å². The van der Waals surface area contributed by atoms with E-state index in [0.717, 1.165) is 55.2 Å². The Labute approximate surface area is 211 Å². The summed E-state index contributed by atoms with van der Waals surface area (Å²) >= 11 is 0. The van der Waals surface area contributed by atoms with Gasteiger partial charge < -0.3 is 10.7 Å². The van der Waals surface area contributed by atoms with Crippen LogP contribution in [0, 0.1) is 5.82 Å². The van der Waals surface area contributed by atoms with Crippen LogP contribution in [0.5, 0.6) is 0 Å². The number of nitrogens with one attached hydrogen (secondary N) is 1. The predicted molar refractivity (Wildman–Crippen MR) is 144 cm³/mol. The van der Waals surface area contributed by atoms with Gasteiger partial charge in [-0.1, -0.05) is 32.9 Å². The topological polar surface area (TPSA) is 76.7 Å². The van der Waals surface area contributed by atoms with Crippen LogP contribution in [0.15, 0.2) is 47.4 Å². The summed E-state index contributed by atoms with van der Waals surface area (Å²) in [5.74, 6) is -0.155. The van der Waals surface area contributed by atoms with Gasteiger partial charge >= 0.3 is 5.69 Å². The van der Waals surface area contributed by atoms with Crippen LogP contribution in [0.2, 0.25) is 0 Å². The molecule has 2 aromatic carbocycles. The van der Waals surface area contributed by atoms with Gasteiger partial charge in [0, 0.05) is 23.2 Å². The van der Waals surface area contributed by atoms with Gasteiger partial charge in [-0.3, -0.25) is 4.57 Å². The number of benzene rings is 2.